The van der Waals surface area contributed by atoms with Crippen molar-refractivity contribution < 1.29 is 5.11 Å². The van der Waals surface area contributed by atoms with Crippen LogP contribution in [-0.2, 0) is 6.42 Å². The molecule has 2 aromatic carbocycles. The Hall–Kier alpha value is -1.97. The van der Waals surface area contributed by atoms with E-state index in [1.54, 1.807) is 12.1 Å². The maximum Gasteiger partial charge on any atom is 0.120 e. The van der Waals surface area contributed by atoms with E-state index in [1.807, 2.05) is 6.07 Å². The number of phenols is 1. The van der Waals surface area contributed by atoms with Crippen LogP contribution in [0.3, 0.4) is 0 Å². The van der Waals surface area contributed by atoms with Crippen molar-refractivity contribution in [1.82, 2.24) is 10.3 Å². The maximum absolute atomic E-state index is 10.2. The van der Waals surface area contributed by atoms with Gasteiger partial charge in [0.15, 0.2) is 0 Å². The second-order valence-electron chi connectivity index (χ2n) is 5.91. The van der Waals surface area contributed by atoms with E-state index in [9.17, 15) is 5.11 Å². The summed E-state index contributed by atoms with van der Waals surface area (Å²) in [6.07, 6.45) is 0.983. The Kier molecular flexibility index (Phi) is 3.13. The summed E-state index contributed by atoms with van der Waals surface area (Å²) in [7, 11) is 0. The molecule has 1 atom stereocenters. The minimum atomic E-state index is -0.0600. The van der Waals surface area contributed by atoms with Gasteiger partial charge in [0.1, 0.15) is 5.75 Å². The predicted molar refractivity (Wildman–Crippen MR) is 89.7 cm³/mol. The molecular weight excluding hydrogens is 296 g/mol. The lowest BCUT2D eigenvalue weighted by Gasteiger charge is -2.25. The zero-order valence-electron chi connectivity index (χ0n) is 12.3. The molecule has 1 aliphatic rings. The normalized spacial score (nSPS) is 17.6. The molecule has 0 saturated carbocycles. The van der Waals surface area contributed by atoms with Crippen LogP contribution >= 0.6 is 11.6 Å². The quantitative estimate of drug-likeness (QED) is 0.634. The maximum atomic E-state index is 10.2. The fourth-order valence-corrected chi connectivity index (χ4v) is 3.54. The van der Waals surface area contributed by atoms with E-state index in [-0.39, 0.29) is 11.8 Å². The smallest absolute Gasteiger partial charge is 0.120 e. The number of aromatic amines is 1. The Morgan fingerprint density at radius 1 is 1.18 bits per heavy atom. The molecule has 2 heterocycles. The molecule has 1 unspecified atom stereocenters. The van der Waals surface area contributed by atoms with Gasteiger partial charge in [-0.15, -0.1) is 0 Å². The van der Waals surface area contributed by atoms with Gasteiger partial charge in [-0.1, -0.05) is 23.2 Å². The second-order valence-corrected chi connectivity index (χ2v) is 6.34. The fourth-order valence-electron chi connectivity index (χ4n) is 3.36. The number of benzene rings is 2. The van der Waals surface area contributed by atoms with Crippen LogP contribution in [0.25, 0.3) is 10.9 Å². The van der Waals surface area contributed by atoms with Gasteiger partial charge in [0, 0.05) is 33.7 Å². The van der Waals surface area contributed by atoms with E-state index in [0.717, 1.165) is 29.7 Å². The molecule has 3 nitrogen and oxygen atoms in total. The van der Waals surface area contributed by atoms with Crippen molar-refractivity contribution in [2.75, 3.05) is 6.54 Å². The average molecular weight is 313 g/mol. The van der Waals surface area contributed by atoms with Crippen LogP contribution in [0.2, 0.25) is 5.02 Å². The Bertz CT molecular complexity index is 869. The molecular formula is C18H17ClN2O. The Balaban J connectivity index is 1.92. The lowest BCUT2D eigenvalue weighted by molar-refractivity contribution is 0.452. The first-order valence-corrected chi connectivity index (χ1v) is 7.84. The molecule has 0 bridgehead atoms. The number of halogens is 1. The van der Waals surface area contributed by atoms with E-state index in [0.29, 0.717) is 5.02 Å². The highest BCUT2D eigenvalue weighted by molar-refractivity contribution is 6.30. The number of aromatic nitrogens is 1. The summed E-state index contributed by atoms with van der Waals surface area (Å²) in [5, 5.41) is 15.6. The summed E-state index contributed by atoms with van der Waals surface area (Å²) in [5.74, 6) is 0.268. The monoisotopic (exact) mass is 312 g/mol. The van der Waals surface area contributed by atoms with Gasteiger partial charge in [-0.3, -0.25) is 0 Å². The molecule has 0 amide bonds. The van der Waals surface area contributed by atoms with Crippen LogP contribution in [0.15, 0.2) is 36.4 Å². The van der Waals surface area contributed by atoms with Crippen molar-refractivity contribution in [3.63, 3.8) is 0 Å². The largest absolute Gasteiger partial charge is 0.508 e. The van der Waals surface area contributed by atoms with Gasteiger partial charge in [-0.2, -0.15) is 0 Å². The highest BCUT2D eigenvalue weighted by atomic mass is 35.5. The third-order valence-electron chi connectivity index (χ3n) is 4.41. The van der Waals surface area contributed by atoms with E-state index < -0.39 is 0 Å². The van der Waals surface area contributed by atoms with Crippen LogP contribution in [0, 0.1) is 6.92 Å². The van der Waals surface area contributed by atoms with E-state index in [2.05, 4.69) is 35.4 Å². The number of phenolic OH excluding ortho intramolecular Hbond substituents is 1. The van der Waals surface area contributed by atoms with Crippen molar-refractivity contribution in [3.05, 3.63) is 63.8 Å². The van der Waals surface area contributed by atoms with Gasteiger partial charge in [-0.25, -0.2) is 0 Å². The molecule has 0 aliphatic carbocycles. The summed E-state index contributed by atoms with van der Waals surface area (Å²) in [6, 6.07) is 11.6. The topological polar surface area (TPSA) is 48.0 Å². The lowest BCUT2D eigenvalue weighted by Crippen LogP contribution is -2.30. The van der Waals surface area contributed by atoms with Gasteiger partial charge < -0.3 is 15.4 Å². The SMILES string of the molecule is Cc1ccc2[nH]c3c(c2c1)CCNC3c1cc(Cl)ccc1O. The summed E-state index contributed by atoms with van der Waals surface area (Å²) >= 11 is 6.11. The number of hydrogen-bond acceptors (Lipinski definition) is 2. The van der Waals surface area contributed by atoms with Crippen LogP contribution in [0.5, 0.6) is 5.75 Å². The summed E-state index contributed by atoms with van der Waals surface area (Å²) in [5.41, 5.74) is 5.68. The molecule has 22 heavy (non-hydrogen) atoms. The van der Waals surface area contributed by atoms with Crippen molar-refractivity contribution in [2.45, 2.75) is 19.4 Å². The molecule has 1 aromatic heterocycles. The third-order valence-corrected chi connectivity index (χ3v) is 4.64. The number of aromatic hydroxyl groups is 1. The first kappa shape index (κ1) is 13.7. The van der Waals surface area contributed by atoms with Crippen LogP contribution < -0.4 is 5.32 Å². The van der Waals surface area contributed by atoms with Gasteiger partial charge in [-0.05, 0) is 49.2 Å². The molecule has 0 radical (unpaired) electrons. The average Bonchev–Trinajstić information content (AvgIpc) is 2.88. The van der Waals surface area contributed by atoms with E-state index in [1.165, 1.54) is 16.5 Å². The van der Waals surface area contributed by atoms with Crippen molar-refractivity contribution >= 4 is 22.5 Å². The number of aryl methyl sites for hydroxylation is 1. The minimum absolute atomic E-state index is 0.0600. The number of H-pyrrole nitrogens is 1. The highest BCUT2D eigenvalue weighted by Crippen LogP contribution is 2.37. The molecule has 4 heteroatoms. The summed E-state index contributed by atoms with van der Waals surface area (Å²) in [6.45, 7) is 2.99. The fraction of sp³-hybridized carbons (Fsp3) is 0.222. The van der Waals surface area contributed by atoms with Crippen molar-refractivity contribution in [2.24, 2.45) is 0 Å². The number of hydrogen-bond donors (Lipinski definition) is 3. The minimum Gasteiger partial charge on any atom is -0.508 e. The Morgan fingerprint density at radius 3 is 2.91 bits per heavy atom. The molecule has 3 N–H and O–H groups in total. The lowest BCUT2D eigenvalue weighted by atomic mass is 9.93. The van der Waals surface area contributed by atoms with Gasteiger partial charge in [0.05, 0.1) is 6.04 Å². The summed E-state index contributed by atoms with van der Waals surface area (Å²) in [4.78, 5) is 3.52. The van der Waals surface area contributed by atoms with Gasteiger partial charge in [0.25, 0.3) is 0 Å². The molecule has 0 spiro atoms. The number of rotatable bonds is 1. The molecule has 0 fully saturated rings. The first-order chi connectivity index (χ1) is 10.6. The van der Waals surface area contributed by atoms with Crippen molar-refractivity contribution in [3.8, 4) is 5.75 Å². The molecule has 0 saturated heterocycles. The zero-order valence-corrected chi connectivity index (χ0v) is 13.0. The molecule has 112 valence electrons. The standard InChI is InChI=1S/C18H17ClN2O/c1-10-2-4-15-13(8-10)12-6-7-20-17(18(12)21-15)14-9-11(19)3-5-16(14)22/h2-5,8-9,17,20-22H,6-7H2,1H3. The van der Waals surface area contributed by atoms with E-state index in [4.69, 9.17) is 11.6 Å². The number of nitrogens with one attached hydrogen (secondary N) is 2. The predicted octanol–water partition coefficient (Wildman–Crippen LogP) is 4.07. The van der Waals surface area contributed by atoms with Crippen LogP contribution in [0.4, 0.5) is 0 Å². The van der Waals surface area contributed by atoms with Crippen LogP contribution in [-0.4, -0.2) is 16.6 Å². The molecule has 1 aliphatic heterocycles. The van der Waals surface area contributed by atoms with Crippen LogP contribution in [0.1, 0.15) is 28.4 Å². The Labute approximate surface area is 133 Å². The highest BCUT2D eigenvalue weighted by Gasteiger charge is 2.27. The number of fused-ring (bicyclic) bond motifs is 3. The Morgan fingerprint density at radius 2 is 2.05 bits per heavy atom. The molecule has 3 aromatic rings. The van der Waals surface area contributed by atoms with Crippen molar-refractivity contribution in [1.29, 1.82) is 0 Å². The third kappa shape index (κ3) is 2.09. The first-order valence-electron chi connectivity index (χ1n) is 7.46. The van der Waals surface area contributed by atoms with Gasteiger partial charge >= 0.3 is 0 Å². The zero-order chi connectivity index (χ0) is 15.3. The summed E-state index contributed by atoms with van der Waals surface area (Å²) < 4.78 is 0. The second kappa shape index (κ2) is 5.04. The van der Waals surface area contributed by atoms with E-state index >= 15 is 0 Å². The van der Waals surface area contributed by atoms with Gasteiger partial charge in [0.2, 0.25) is 0 Å². The molecule has 4 rings (SSSR count).